The molecule has 0 spiro atoms. The summed E-state index contributed by atoms with van der Waals surface area (Å²) in [6, 6.07) is 4.60. The first-order chi connectivity index (χ1) is 9.34. The van der Waals surface area contributed by atoms with Gasteiger partial charge in [0.1, 0.15) is 0 Å². The van der Waals surface area contributed by atoms with Gasteiger partial charge in [-0.3, -0.25) is 4.98 Å². The molecule has 2 heterocycles. The van der Waals surface area contributed by atoms with Crippen LogP contribution < -0.4 is 5.73 Å². The number of nitrogens with two attached hydrogens (primary N) is 1. The number of aryl methyl sites for hydroxylation is 1. The first-order valence-electron chi connectivity index (χ1n) is 7.61. The zero-order chi connectivity index (χ0) is 13.1. The normalized spacial score (nSPS) is 25.8. The van der Waals surface area contributed by atoms with Crippen molar-refractivity contribution in [3.63, 3.8) is 0 Å². The molecule has 2 nitrogen and oxygen atoms in total. The van der Waals surface area contributed by atoms with E-state index in [4.69, 9.17) is 5.73 Å². The highest BCUT2D eigenvalue weighted by Crippen LogP contribution is 2.35. The molecule has 2 aliphatic rings. The summed E-state index contributed by atoms with van der Waals surface area (Å²) in [7, 11) is 0. The molecule has 0 aromatic carbocycles. The van der Waals surface area contributed by atoms with Gasteiger partial charge in [-0.1, -0.05) is 6.07 Å². The quantitative estimate of drug-likeness (QED) is 0.920. The second-order valence-electron chi connectivity index (χ2n) is 6.00. The number of nitrogens with zero attached hydrogens (tertiary/aromatic N) is 1. The average Bonchev–Trinajstić information content (AvgIpc) is 2.47. The van der Waals surface area contributed by atoms with E-state index in [2.05, 4.69) is 28.9 Å². The molecular weight excluding hydrogens is 252 g/mol. The van der Waals surface area contributed by atoms with Crippen LogP contribution in [0.4, 0.5) is 0 Å². The maximum Gasteiger partial charge on any atom is 0.0481 e. The van der Waals surface area contributed by atoms with E-state index < -0.39 is 0 Å². The molecule has 19 heavy (non-hydrogen) atoms. The lowest BCUT2D eigenvalue weighted by Gasteiger charge is -2.32. The third-order valence-electron chi connectivity index (χ3n) is 4.70. The highest BCUT2D eigenvalue weighted by atomic mass is 32.2. The molecule has 2 unspecified atom stereocenters. The van der Waals surface area contributed by atoms with Gasteiger partial charge in [-0.05, 0) is 67.6 Å². The van der Waals surface area contributed by atoms with Gasteiger partial charge in [0.25, 0.3) is 0 Å². The summed E-state index contributed by atoms with van der Waals surface area (Å²) in [6.07, 6.45) is 9.54. The van der Waals surface area contributed by atoms with E-state index in [1.165, 1.54) is 61.3 Å². The Balaban J connectivity index is 1.68. The standard InChI is InChI=1S/C16H24N2S/c17-15(11-12-6-9-19-10-7-12)14-5-1-3-13-4-2-8-18-16(13)14/h2,4,8,12,14-15H,1,3,5-7,9-11,17H2. The Morgan fingerprint density at radius 1 is 1.32 bits per heavy atom. The van der Waals surface area contributed by atoms with Crippen molar-refractivity contribution in [1.29, 1.82) is 0 Å². The van der Waals surface area contributed by atoms with Crippen LogP contribution in [-0.4, -0.2) is 22.5 Å². The van der Waals surface area contributed by atoms with Gasteiger partial charge in [0, 0.05) is 23.9 Å². The zero-order valence-corrected chi connectivity index (χ0v) is 12.4. The molecule has 1 fully saturated rings. The van der Waals surface area contributed by atoms with Crippen LogP contribution in [0.2, 0.25) is 0 Å². The molecule has 1 aromatic heterocycles. The maximum atomic E-state index is 6.55. The largest absolute Gasteiger partial charge is 0.327 e. The molecule has 0 saturated carbocycles. The summed E-state index contributed by atoms with van der Waals surface area (Å²) in [5.74, 6) is 4.01. The fourth-order valence-corrected chi connectivity index (χ4v) is 4.80. The molecular formula is C16H24N2S. The number of pyridine rings is 1. The van der Waals surface area contributed by atoms with Crippen LogP contribution in [0.3, 0.4) is 0 Å². The number of rotatable bonds is 3. The Labute approximate surface area is 120 Å². The number of aromatic nitrogens is 1. The van der Waals surface area contributed by atoms with Crippen molar-refractivity contribution in [2.75, 3.05) is 11.5 Å². The van der Waals surface area contributed by atoms with E-state index in [1.807, 2.05) is 6.20 Å². The highest BCUT2D eigenvalue weighted by molar-refractivity contribution is 7.99. The minimum absolute atomic E-state index is 0.307. The van der Waals surface area contributed by atoms with Crippen LogP contribution in [0.5, 0.6) is 0 Å². The van der Waals surface area contributed by atoms with Crippen LogP contribution in [0.15, 0.2) is 18.3 Å². The van der Waals surface area contributed by atoms with Crippen LogP contribution >= 0.6 is 11.8 Å². The van der Waals surface area contributed by atoms with Crippen molar-refractivity contribution in [2.24, 2.45) is 11.7 Å². The molecule has 3 heteroatoms. The lowest BCUT2D eigenvalue weighted by molar-refractivity contribution is 0.350. The van der Waals surface area contributed by atoms with Gasteiger partial charge in [-0.25, -0.2) is 0 Å². The van der Waals surface area contributed by atoms with E-state index in [0.717, 1.165) is 5.92 Å². The Bertz CT molecular complexity index is 415. The number of hydrogen-bond donors (Lipinski definition) is 1. The van der Waals surface area contributed by atoms with E-state index in [9.17, 15) is 0 Å². The Morgan fingerprint density at radius 3 is 3.00 bits per heavy atom. The molecule has 1 aliphatic heterocycles. The fourth-order valence-electron chi connectivity index (χ4n) is 3.59. The maximum absolute atomic E-state index is 6.55. The third-order valence-corrected chi connectivity index (χ3v) is 5.75. The van der Waals surface area contributed by atoms with Gasteiger partial charge in [0.05, 0.1) is 0 Å². The third kappa shape index (κ3) is 3.14. The fraction of sp³-hybridized carbons (Fsp3) is 0.688. The number of thioether (sulfide) groups is 1. The number of hydrogen-bond acceptors (Lipinski definition) is 3. The molecule has 2 atom stereocenters. The number of fused-ring (bicyclic) bond motifs is 1. The minimum Gasteiger partial charge on any atom is -0.327 e. The van der Waals surface area contributed by atoms with Gasteiger partial charge >= 0.3 is 0 Å². The topological polar surface area (TPSA) is 38.9 Å². The molecule has 0 bridgehead atoms. The first kappa shape index (κ1) is 13.4. The Morgan fingerprint density at radius 2 is 2.16 bits per heavy atom. The van der Waals surface area contributed by atoms with Crippen molar-refractivity contribution in [3.05, 3.63) is 29.6 Å². The van der Waals surface area contributed by atoms with Gasteiger partial charge in [0.2, 0.25) is 0 Å². The summed E-state index contributed by atoms with van der Waals surface area (Å²) in [5, 5.41) is 0. The molecule has 1 aliphatic carbocycles. The molecule has 0 radical (unpaired) electrons. The van der Waals surface area contributed by atoms with E-state index >= 15 is 0 Å². The van der Waals surface area contributed by atoms with Crippen molar-refractivity contribution in [2.45, 2.75) is 50.5 Å². The van der Waals surface area contributed by atoms with Crippen molar-refractivity contribution in [1.82, 2.24) is 4.98 Å². The van der Waals surface area contributed by atoms with Gasteiger partial charge < -0.3 is 5.73 Å². The first-order valence-corrected chi connectivity index (χ1v) is 8.77. The lowest BCUT2D eigenvalue weighted by Crippen LogP contribution is -2.34. The van der Waals surface area contributed by atoms with Crippen LogP contribution in [0.25, 0.3) is 0 Å². The van der Waals surface area contributed by atoms with Crippen LogP contribution in [0, 0.1) is 5.92 Å². The minimum atomic E-state index is 0.307. The molecule has 2 N–H and O–H groups in total. The Kier molecular flexibility index (Phi) is 4.44. The monoisotopic (exact) mass is 276 g/mol. The molecule has 1 saturated heterocycles. The predicted octanol–water partition coefficient (Wildman–Crippen LogP) is 3.36. The molecule has 0 amide bonds. The predicted molar refractivity (Wildman–Crippen MR) is 82.6 cm³/mol. The van der Waals surface area contributed by atoms with Crippen LogP contribution in [0.1, 0.15) is 49.3 Å². The van der Waals surface area contributed by atoms with Crippen molar-refractivity contribution in [3.8, 4) is 0 Å². The molecule has 3 rings (SSSR count). The summed E-state index contributed by atoms with van der Waals surface area (Å²) >= 11 is 2.10. The van der Waals surface area contributed by atoms with Crippen LogP contribution in [-0.2, 0) is 6.42 Å². The van der Waals surface area contributed by atoms with Gasteiger partial charge in [-0.2, -0.15) is 11.8 Å². The Hall–Kier alpha value is -0.540. The molecule has 104 valence electrons. The van der Waals surface area contributed by atoms with Crippen molar-refractivity contribution < 1.29 is 0 Å². The highest BCUT2D eigenvalue weighted by Gasteiger charge is 2.28. The van der Waals surface area contributed by atoms with Gasteiger partial charge in [0.15, 0.2) is 0 Å². The second-order valence-corrected chi connectivity index (χ2v) is 7.23. The van der Waals surface area contributed by atoms with Gasteiger partial charge in [-0.15, -0.1) is 0 Å². The zero-order valence-electron chi connectivity index (χ0n) is 11.6. The summed E-state index contributed by atoms with van der Waals surface area (Å²) in [4.78, 5) is 4.63. The van der Waals surface area contributed by atoms with E-state index in [0.29, 0.717) is 12.0 Å². The van der Waals surface area contributed by atoms with E-state index in [-0.39, 0.29) is 0 Å². The lowest BCUT2D eigenvalue weighted by atomic mass is 9.78. The summed E-state index contributed by atoms with van der Waals surface area (Å²) < 4.78 is 0. The SMILES string of the molecule is NC(CC1CCSCC1)C1CCCc2cccnc21. The van der Waals surface area contributed by atoms with E-state index in [1.54, 1.807) is 0 Å². The summed E-state index contributed by atoms with van der Waals surface area (Å²) in [5.41, 5.74) is 9.28. The second kappa shape index (κ2) is 6.27. The summed E-state index contributed by atoms with van der Waals surface area (Å²) in [6.45, 7) is 0. The molecule has 1 aromatic rings. The van der Waals surface area contributed by atoms with Crippen molar-refractivity contribution >= 4 is 11.8 Å². The average molecular weight is 276 g/mol. The smallest absolute Gasteiger partial charge is 0.0481 e.